The number of nitriles is 1. The first-order valence-corrected chi connectivity index (χ1v) is 8.92. The average Bonchev–Trinajstić information content (AvgIpc) is 3.08. The monoisotopic (exact) mass is 374 g/mol. The van der Waals surface area contributed by atoms with Gasteiger partial charge in [-0.25, -0.2) is 4.98 Å². The molecule has 1 aromatic heterocycles. The van der Waals surface area contributed by atoms with E-state index in [4.69, 9.17) is 5.26 Å². The maximum Gasteiger partial charge on any atom is 0.417 e. The molecule has 1 unspecified atom stereocenters. The molecule has 1 atom stereocenters. The van der Waals surface area contributed by atoms with Crippen LogP contribution in [0.5, 0.6) is 0 Å². The van der Waals surface area contributed by atoms with E-state index in [0.717, 1.165) is 42.4 Å². The molecular formula is C20H21F3N4. The molecule has 27 heavy (non-hydrogen) atoms. The number of halogens is 3. The minimum Gasteiger partial charge on any atom is -0.368 e. The number of H-pyrrole nitrogens is 1. The number of aryl methyl sites for hydroxylation is 1. The fourth-order valence-corrected chi connectivity index (χ4v) is 3.65. The molecule has 1 aliphatic carbocycles. The fraction of sp³-hybridized carbons (Fsp3) is 0.400. The second kappa shape index (κ2) is 7.47. The van der Waals surface area contributed by atoms with Gasteiger partial charge in [-0.05, 0) is 56.9 Å². The highest BCUT2D eigenvalue weighted by atomic mass is 19.4. The van der Waals surface area contributed by atoms with Crippen molar-refractivity contribution in [3.05, 3.63) is 53.1 Å². The summed E-state index contributed by atoms with van der Waals surface area (Å²) in [6.45, 7) is 4.41. The summed E-state index contributed by atoms with van der Waals surface area (Å²) in [5.74, 6) is 0.835. The third-order valence-electron chi connectivity index (χ3n) is 4.94. The molecule has 1 aromatic carbocycles. The molecule has 0 saturated carbocycles. The quantitative estimate of drug-likeness (QED) is 0.813. The second-order valence-electron chi connectivity index (χ2n) is 6.67. The van der Waals surface area contributed by atoms with E-state index in [1.54, 1.807) is 18.3 Å². The molecule has 0 aliphatic heterocycles. The second-order valence-corrected chi connectivity index (χ2v) is 6.67. The van der Waals surface area contributed by atoms with Crippen molar-refractivity contribution in [2.45, 2.75) is 45.3 Å². The van der Waals surface area contributed by atoms with Gasteiger partial charge < -0.3 is 9.88 Å². The Balaban J connectivity index is 1.89. The number of hydrogen-bond donors (Lipinski definition) is 1. The summed E-state index contributed by atoms with van der Waals surface area (Å²) in [7, 11) is 0. The van der Waals surface area contributed by atoms with Crippen LogP contribution in [-0.2, 0) is 6.18 Å². The van der Waals surface area contributed by atoms with E-state index in [1.807, 2.05) is 18.7 Å². The van der Waals surface area contributed by atoms with Crippen LogP contribution in [0.15, 0.2) is 30.5 Å². The van der Waals surface area contributed by atoms with E-state index in [0.29, 0.717) is 12.2 Å². The summed E-state index contributed by atoms with van der Waals surface area (Å²) >= 11 is 0. The van der Waals surface area contributed by atoms with Crippen molar-refractivity contribution >= 4 is 11.3 Å². The number of alkyl halides is 3. The van der Waals surface area contributed by atoms with Crippen molar-refractivity contribution in [1.29, 1.82) is 5.26 Å². The maximum atomic E-state index is 13.3. The van der Waals surface area contributed by atoms with Crippen molar-refractivity contribution < 1.29 is 13.2 Å². The Labute approximate surface area is 156 Å². The Morgan fingerprint density at radius 1 is 1.37 bits per heavy atom. The first-order chi connectivity index (χ1) is 12.8. The Morgan fingerprint density at radius 2 is 2.15 bits per heavy atom. The number of benzene rings is 1. The molecule has 7 heteroatoms. The van der Waals surface area contributed by atoms with Crippen LogP contribution in [0.2, 0.25) is 0 Å². The van der Waals surface area contributed by atoms with Crippen LogP contribution in [0, 0.1) is 18.3 Å². The molecule has 142 valence electrons. The highest BCUT2D eigenvalue weighted by Crippen LogP contribution is 2.37. The largest absolute Gasteiger partial charge is 0.417 e. The molecule has 2 aromatic rings. The van der Waals surface area contributed by atoms with Gasteiger partial charge in [0.2, 0.25) is 0 Å². The van der Waals surface area contributed by atoms with Crippen molar-refractivity contribution in [2.75, 3.05) is 11.4 Å². The van der Waals surface area contributed by atoms with Gasteiger partial charge in [0.05, 0.1) is 29.1 Å². The van der Waals surface area contributed by atoms with Crippen LogP contribution in [0.25, 0.3) is 5.57 Å². The topological polar surface area (TPSA) is 55.7 Å². The van der Waals surface area contributed by atoms with Gasteiger partial charge in [-0.1, -0.05) is 6.08 Å². The molecule has 1 heterocycles. The zero-order chi connectivity index (χ0) is 19.6. The lowest BCUT2D eigenvalue weighted by molar-refractivity contribution is -0.137. The van der Waals surface area contributed by atoms with Crippen LogP contribution >= 0.6 is 0 Å². The predicted octanol–water partition coefficient (Wildman–Crippen LogP) is 5.07. The van der Waals surface area contributed by atoms with Crippen molar-refractivity contribution in [2.24, 2.45) is 0 Å². The van der Waals surface area contributed by atoms with Gasteiger partial charge in [-0.15, -0.1) is 0 Å². The van der Waals surface area contributed by atoms with Gasteiger partial charge in [-0.3, -0.25) is 0 Å². The number of nitrogens with one attached hydrogen (secondary N) is 1. The summed E-state index contributed by atoms with van der Waals surface area (Å²) in [4.78, 5) is 9.45. The van der Waals surface area contributed by atoms with Crippen LogP contribution in [-0.4, -0.2) is 22.6 Å². The molecule has 0 bridgehead atoms. The lowest BCUT2D eigenvalue weighted by Crippen LogP contribution is -2.36. The van der Waals surface area contributed by atoms with E-state index in [1.165, 1.54) is 6.07 Å². The standard InChI is InChI=1S/C20H21F3N4/c1-3-27(17-8-7-15(11-24)18(10-17)20(21,22)23)16-6-4-5-14(9-16)19-12-25-13(2)26-19/h5,7-8,10,12,16H,3-4,6,9H2,1-2H3,(H,25,26). The highest BCUT2D eigenvalue weighted by Gasteiger charge is 2.34. The number of rotatable bonds is 4. The van der Waals surface area contributed by atoms with Crippen LogP contribution < -0.4 is 4.90 Å². The van der Waals surface area contributed by atoms with Gasteiger partial charge in [0.1, 0.15) is 5.82 Å². The first kappa shape index (κ1) is 19.0. The Bertz CT molecular complexity index is 889. The Kier molecular flexibility index (Phi) is 5.26. The van der Waals surface area contributed by atoms with Crippen molar-refractivity contribution in [3.63, 3.8) is 0 Å². The van der Waals surface area contributed by atoms with E-state index in [9.17, 15) is 13.2 Å². The number of imidazole rings is 1. The van der Waals surface area contributed by atoms with Gasteiger partial charge in [0.15, 0.2) is 0 Å². The zero-order valence-electron chi connectivity index (χ0n) is 15.3. The van der Waals surface area contributed by atoms with Crippen molar-refractivity contribution in [3.8, 4) is 6.07 Å². The summed E-state index contributed by atoms with van der Waals surface area (Å²) in [6, 6.07) is 5.70. The fourth-order valence-electron chi connectivity index (χ4n) is 3.65. The van der Waals surface area contributed by atoms with Gasteiger partial charge in [0, 0.05) is 18.3 Å². The minimum atomic E-state index is -4.55. The average molecular weight is 374 g/mol. The SMILES string of the molecule is CCN(c1ccc(C#N)c(C(F)(F)F)c1)C1CCC=C(c2cnc(C)[nH]2)C1. The van der Waals surface area contributed by atoms with Crippen LogP contribution in [0.3, 0.4) is 0 Å². The molecule has 1 aliphatic rings. The molecule has 1 N–H and O–H groups in total. The molecule has 0 amide bonds. The third-order valence-corrected chi connectivity index (χ3v) is 4.94. The predicted molar refractivity (Wildman–Crippen MR) is 98.1 cm³/mol. The van der Waals surface area contributed by atoms with Gasteiger partial charge in [-0.2, -0.15) is 18.4 Å². The molecule has 0 radical (unpaired) electrons. The first-order valence-electron chi connectivity index (χ1n) is 8.92. The number of anilines is 1. The Hall–Kier alpha value is -2.75. The van der Waals surface area contributed by atoms with Crippen LogP contribution in [0.4, 0.5) is 18.9 Å². The van der Waals surface area contributed by atoms with E-state index < -0.39 is 11.7 Å². The summed E-state index contributed by atoms with van der Waals surface area (Å²) < 4.78 is 40.0. The van der Waals surface area contributed by atoms with E-state index in [2.05, 4.69) is 16.0 Å². The molecule has 0 saturated heterocycles. The number of allylic oxidation sites excluding steroid dienone is 1. The number of hydrogen-bond acceptors (Lipinski definition) is 3. The molecule has 0 spiro atoms. The zero-order valence-corrected chi connectivity index (χ0v) is 15.3. The van der Waals surface area contributed by atoms with E-state index in [-0.39, 0.29) is 11.6 Å². The number of aromatic amines is 1. The Morgan fingerprint density at radius 3 is 2.74 bits per heavy atom. The number of aromatic nitrogens is 2. The smallest absolute Gasteiger partial charge is 0.368 e. The summed E-state index contributed by atoms with van der Waals surface area (Å²) in [5.41, 5.74) is 1.37. The van der Waals surface area contributed by atoms with Gasteiger partial charge in [0.25, 0.3) is 0 Å². The summed E-state index contributed by atoms with van der Waals surface area (Å²) in [6.07, 6.45) is 1.87. The van der Waals surface area contributed by atoms with Gasteiger partial charge >= 0.3 is 6.18 Å². The number of nitrogens with zero attached hydrogens (tertiary/aromatic N) is 3. The minimum absolute atomic E-state index is 0.0904. The molecular weight excluding hydrogens is 353 g/mol. The molecule has 4 nitrogen and oxygen atoms in total. The normalized spacial score (nSPS) is 17.3. The third kappa shape index (κ3) is 4.00. The lowest BCUT2D eigenvalue weighted by Gasteiger charge is -2.35. The van der Waals surface area contributed by atoms with Crippen molar-refractivity contribution in [1.82, 2.24) is 9.97 Å². The molecule has 3 rings (SSSR count). The highest BCUT2D eigenvalue weighted by molar-refractivity contribution is 5.65. The van der Waals surface area contributed by atoms with Crippen LogP contribution in [0.1, 0.15) is 48.8 Å². The van der Waals surface area contributed by atoms with E-state index >= 15 is 0 Å². The summed E-state index contributed by atoms with van der Waals surface area (Å²) in [5, 5.41) is 9.00. The molecule has 0 fully saturated rings. The lowest BCUT2D eigenvalue weighted by atomic mass is 9.91. The maximum absolute atomic E-state index is 13.3.